The lowest BCUT2D eigenvalue weighted by Gasteiger charge is -2.08. The molecule has 0 radical (unpaired) electrons. The molecule has 0 fully saturated rings. The molecule has 4 rings (SSSR count). The van der Waals surface area contributed by atoms with E-state index in [4.69, 9.17) is 9.72 Å². The molecular formula is C23H20N2O2S2. The Morgan fingerprint density at radius 3 is 2.69 bits per heavy atom. The van der Waals surface area contributed by atoms with Crippen molar-refractivity contribution in [2.75, 3.05) is 18.2 Å². The molecule has 4 nitrogen and oxygen atoms in total. The molecule has 0 aliphatic heterocycles. The van der Waals surface area contributed by atoms with Gasteiger partial charge < -0.3 is 10.1 Å². The predicted molar refractivity (Wildman–Crippen MR) is 122 cm³/mol. The molecular weight excluding hydrogens is 400 g/mol. The number of rotatable bonds is 6. The number of carbonyl (C=O) groups is 1. The van der Waals surface area contributed by atoms with Crippen LogP contribution in [0, 0.1) is 6.92 Å². The van der Waals surface area contributed by atoms with Gasteiger partial charge in [0.1, 0.15) is 10.8 Å². The highest BCUT2D eigenvalue weighted by Crippen LogP contribution is 2.32. The molecule has 0 saturated carbocycles. The van der Waals surface area contributed by atoms with Gasteiger partial charge in [0.25, 0.3) is 0 Å². The summed E-state index contributed by atoms with van der Waals surface area (Å²) in [5.41, 5.74) is 4.07. The number of amides is 1. The molecule has 29 heavy (non-hydrogen) atoms. The third kappa shape index (κ3) is 4.60. The molecule has 6 heteroatoms. The highest BCUT2D eigenvalue weighted by molar-refractivity contribution is 8.00. The van der Waals surface area contributed by atoms with E-state index in [0.717, 1.165) is 32.4 Å². The maximum atomic E-state index is 12.3. The number of fused-ring (bicyclic) bond motifs is 1. The summed E-state index contributed by atoms with van der Waals surface area (Å²) in [7, 11) is 1.63. The summed E-state index contributed by atoms with van der Waals surface area (Å²) in [6.07, 6.45) is 0. The van der Waals surface area contributed by atoms with Crippen LogP contribution in [0.25, 0.3) is 20.8 Å². The Balaban J connectivity index is 1.40. The fourth-order valence-corrected chi connectivity index (χ4v) is 4.83. The lowest BCUT2D eigenvalue weighted by Crippen LogP contribution is -2.13. The standard InChI is InChI=1S/C23H20N2O2S2/c1-15-7-12-18-21(13-15)29-23(25-18)16-8-10-17(11-9-16)24-22(26)14-28-20-6-4-3-5-19(20)27-2/h3-13H,14H2,1-2H3,(H,24,26). The summed E-state index contributed by atoms with van der Waals surface area (Å²) in [5.74, 6) is 1.05. The Morgan fingerprint density at radius 1 is 1.10 bits per heavy atom. The van der Waals surface area contributed by atoms with Gasteiger partial charge in [0.2, 0.25) is 5.91 Å². The molecule has 0 unspecified atom stereocenters. The monoisotopic (exact) mass is 420 g/mol. The van der Waals surface area contributed by atoms with Gasteiger partial charge >= 0.3 is 0 Å². The smallest absolute Gasteiger partial charge is 0.234 e. The number of hydrogen-bond acceptors (Lipinski definition) is 5. The zero-order valence-electron chi connectivity index (χ0n) is 16.1. The van der Waals surface area contributed by atoms with Crippen LogP contribution in [0.1, 0.15) is 5.56 Å². The van der Waals surface area contributed by atoms with Crippen molar-refractivity contribution in [3.05, 3.63) is 72.3 Å². The van der Waals surface area contributed by atoms with Crippen molar-refractivity contribution in [3.8, 4) is 16.3 Å². The van der Waals surface area contributed by atoms with Gasteiger partial charge in [-0.25, -0.2) is 4.98 Å². The van der Waals surface area contributed by atoms with Gasteiger partial charge in [-0.1, -0.05) is 18.2 Å². The summed E-state index contributed by atoms with van der Waals surface area (Å²) >= 11 is 3.14. The molecule has 0 aliphatic carbocycles. The van der Waals surface area contributed by atoms with Crippen molar-refractivity contribution < 1.29 is 9.53 Å². The molecule has 146 valence electrons. The molecule has 0 saturated heterocycles. The number of aromatic nitrogens is 1. The second-order valence-electron chi connectivity index (χ2n) is 6.56. The summed E-state index contributed by atoms with van der Waals surface area (Å²) in [6, 6.07) is 21.8. The first-order valence-electron chi connectivity index (χ1n) is 9.16. The van der Waals surface area contributed by atoms with Gasteiger partial charge in [-0.15, -0.1) is 23.1 Å². The van der Waals surface area contributed by atoms with Crippen molar-refractivity contribution >= 4 is 44.9 Å². The fraction of sp³-hybridized carbons (Fsp3) is 0.130. The molecule has 0 bridgehead atoms. The van der Waals surface area contributed by atoms with Crippen LogP contribution in [-0.4, -0.2) is 23.8 Å². The van der Waals surface area contributed by atoms with Gasteiger partial charge in [-0.3, -0.25) is 4.79 Å². The number of thiazole rings is 1. The molecule has 0 atom stereocenters. The number of thioether (sulfide) groups is 1. The Bertz CT molecular complexity index is 1150. The van der Waals surface area contributed by atoms with Crippen LogP contribution >= 0.6 is 23.1 Å². The van der Waals surface area contributed by atoms with E-state index in [2.05, 4.69) is 30.4 Å². The highest BCUT2D eigenvalue weighted by Gasteiger charge is 2.09. The first-order chi connectivity index (χ1) is 14.1. The van der Waals surface area contributed by atoms with Gasteiger partial charge in [-0.2, -0.15) is 0 Å². The Kier molecular flexibility index (Phi) is 5.83. The SMILES string of the molecule is COc1ccccc1SCC(=O)Nc1ccc(-c2nc3ccc(C)cc3s2)cc1. The molecule has 1 amide bonds. The number of benzene rings is 3. The quantitative estimate of drug-likeness (QED) is 0.388. The first-order valence-corrected chi connectivity index (χ1v) is 11.0. The van der Waals surface area contributed by atoms with E-state index >= 15 is 0 Å². The molecule has 4 aromatic rings. The summed E-state index contributed by atoms with van der Waals surface area (Å²) in [4.78, 5) is 18.0. The number of para-hydroxylation sites is 1. The van der Waals surface area contributed by atoms with Crippen molar-refractivity contribution in [1.29, 1.82) is 0 Å². The molecule has 3 aromatic carbocycles. The van der Waals surface area contributed by atoms with Gasteiger partial charge in [0, 0.05) is 16.1 Å². The van der Waals surface area contributed by atoms with Crippen LogP contribution in [-0.2, 0) is 4.79 Å². The molecule has 0 spiro atoms. The van der Waals surface area contributed by atoms with Crippen LogP contribution in [0.5, 0.6) is 5.75 Å². The van der Waals surface area contributed by atoms with E-state index in [-0.39, 0.29) is 5.91 Å². The topological polar surface area (TPSA) is 51.2 Å². The van der Waals surface area contributed by atoms with Crippen molar-refractivity contribution in [3.63, 3.8) is 0 Å². The van der Waals surface area contributed by atoms with Crippen LogP contribution in [0.3, 0.4) is 0 Å². The van der Waals surface area contributed by atoms with Gasteiger partial charge in [0.15, 0.2) is 0 Å². The number of hydrogen-bond donors (Lipinski definition) is 1. The van der Waals surface area contributed by atoms with Crippen LogP contribution < -0.4 is 10.1 Å². The van der Waals surface area contributed by atoms with E-state index in [0.29, 0.717) is 5.75 Å². The van der Waals surface area contributed by atoms with Crippen molar-refractivity contribution in [2.45, 2.75) is 11.8 Å². The van der Waals surface area contributed by atoms with E-state index in [1.54, 1.807) is 18.4 Å². The minimum Gasteiger partial charge on any atom is -0.496 e. The Labute approximate surface area is 177 Å². The number of anilines is 1. The third-order valence-electron chi connectivity index (χ3n) is 4.39. The number of carbonyl (C=O) groups excluding carboxylic acids is 1. The third-order valence-corrected chi connectivity index (χ3v) is 6.51. The minimum atomic E-state index is -0.0517. The van der Waals surface area contributed by atoms with E-state index in [1.807, 2.05) is 48.5 Å². The average Bonchev–Trinajstić information content (AvgIpc) is 3.16. The highest BCUT2D eigenvalue weighted by atomic mass is 32.2. The number of nitrogens with one attached hydrogen (secondary N) is 1. The number of ether oxygens (including phenoxy) is 1. The fourth-order valence-electron chi connectivity index (χ4n) is 2.93. The second-order valence-corrected chi connectivity index (χ2v) is 8.60. The number of aryl methyl sites for hydroxylation is 1. The summed E-state index contributed by atoms with van der Waals surface area (Å²) < 4.78 is 6.51. The van der Waals surface area contributed by atoms with Crippen LogP contribution in [0.15, 0.2) is 71.6 Å². The number of methoxy groups -OCH3 is 1. The first kappa shape index (κ1) is 19.5. The molecule has 0 aliphatic rings. The number of nitrogens with zero attached hydrogens (tertiary/aromatic N) is 1. The lowest BCUT2D eigenvalue weighted by molar-refractivity contribution is -0.113. The normalized spacial score (nSPS) is 10.8. The minimum absolute atomic E-state index is 0.0517. The summed E-state index contributed by atoms with van der Waals surface area (Å²) in [5, 5.41) is 3.93. The molecule has 1 heterocycles. The second kappa shape index (κ2) is 8.68. The lowest BCUT2D eigenvalue weighted by atomic mass is 10.2. The zero-order chi connectivity index (χ0) is 20.2. The molecule has 1 aromatic heterocycles. The summed E-state index contributed by atoms with van der Waals surface area (Å²) in [6.45, 7) is 2.09. The maximum Gasteiger partial charge on any atom is 0.234 e. The van der Waals surface area contributed by atoms with Crippen molar-refractivity contribution in [2.24, 2.45) is 0 Å². The van der Waals surface area contributed by atoms with E-state index in [9.17, 15) is 4.79 Å². The zero-order valence-corrected chi connectivity index (χ0v) is 17.8. The van der Waals surface area contributed by atoms with E-state index in [1.165, 1.54) is 22.0 Å². The predicted octanol–water partition coefficient (Wildman–Crippen LogP) is 6.01. The Morgan fingerprint density at radius 2 is 1.90 bits per heavy atom. The Hall–Kier alpha value is -2.83. The van der Waals surface area contributed by atoms with Crippen molar-refractivity contribution in [1.82, 2.24) is 4.98 Å². The average molecular weight is 421 g/mol. The maximum absolute atomic E-state index is 12.3. The van der Waals surface area contributed by atoms with Gasteiger partial charge in [-0.05, 0) is 61.0 Å². The molecule has 1 N–H and O–H groups in total. The van der Waals surface area contributed by atoms with Crippen LogP contribution in [0.4, 0.5) is 5.69 Å². The van der Waals surface area contributed by atoms with Gasteiger partial charge in [0.05, 0.1) is 23.1 Å². The largest absolute Gasteiger partial charge is 0.496 e. The van der Waals surface area contributed by atoms with Crippen LogP contribution in [0.2, 0.25) is 0 Å². The van der Waals surface area contributed by atoms with E-state index < -0.39 is 0 Å².